The summed E-state index contributed by atoms with van der Waals surface area (Å²) in [6.07, 6.45) is 1.44. The average molecular weight is 300 g/mol. The largest absolute Gasteiger partial charge is 0.385 e. The molecule has 1 fully saturated rings. The SMILES string of the molecule is COCCCC(N)C(=O)N1CCN(CC(=O)N(C)C)CC1. The summed E-state index contributed by atoms with van der Waals surface area (Å²) in [6, 6.07) is -0.449. The van der Waals surface area contributed by atoms with E-state index >= 15 is 0 Å². The van der Waals surface area contributed by atoms with Crippen LogP contribution in [0.4, 0.5) is 0 Å². The summed E-state index contributed by atoms with van der Waals surface area (Å²) in [5.74, 6) is 0.0933. The molecule has 7 heteroatoms. The zero-order chi connectivity index (χ0) is 15.8. The summed E-state index contributed by atoms with van der Waals surface area (Å²) in [6.45, 7) is 3.75. The van der Waals surface area contributed by atoms with Gasteiger partial charge in [0.2, 0.25) is 11.8 Å². The number of rotatable bonds is 7. The van der Waals surface area contributed by atoms with Gasteiger partial charge >= 0.3 is 0 Å². The van der Waals surface area contributed by atoms with E-state index in [1.165, 1.54) is 0 Å². The predicted octanol–water partition coefficient (Wildman–Crippen LogP) is -1.03. The highest BCUT2D eigenvalue weighted by Gasteiger charge is 2.25. The molecule has 2 N–H and O–H groups in total. The maximum absolute atomic E-state index is 12.2. The second-order valence-electron chi connectivity index (χ2n) is 5.63. The van der Waals surface area contributed by atoms with E-state index in [0.29, 0.717) is 32.7 Å². The molecule has 7 nitrogen and oxygen atoms in total. The summed E-state index contributed by atoms with van der Waals surface area (Å²) in [7, 11) is 5.14. The van der Waals surface area contributed by atoms with Crippen LogP contribution in [0, 0.1) is 0 Å². The molecule has 0 bridgehead atoms. The second kappa shape index (κ2) is 8.96. The molecule has 122 valence electrons. The summed E-state index contributed by atoms with van der Waals surface area (Å²) in [5, 5.41) is 0. The molecular formula is C14H28N4O3. The van der Waals surface area contributed by atoms with Gasteiger partial charge in [-0.15, -0.1) is 0 Å². The summed E-state index contributed by atoms with van der Waals surface area (Å²) < 4.78 is 4.96. The van der Waals surface area contributed by atoms with Crippen LogP contribution in [0.15, 0.2) is 0 Å². The van der Waals surface area contributed by atoms with Gasteiger partial charge in [0.15, 0.2) is 0 Å². The lowest BCUT2D eigenvalue weighted by Crippen LogP contribution is -2.54. The molecule has 1 unspecified atom stereocenters. The molecule has 1 rings (SSSR count). The van der Waals surface area contributed by atoms with Gasteiger partial charge in [0.05, 0.1) is 12.6 Å². The van der Waals surface area contributed by atoms with Crippen molar-refractivity contribution in [1.82, 2.24) is 14.7 Å². The first-order valence-corrected chi connectivity index (χ1v) is 7.41. The van der Waals surface area contributed by atoms with Crippen LogP contribution in [0.2, 0.25) is 0 Å². The number of nitrogens with two attached hydrogens (primary N) is 1. The smallest absolute Gasteiger partial charge is 0.239 e. The van der Waals surface area contributed by atoms with Gasteiger partial charge in [-0.1, -0.05) is 0 Å². The highest BCUT2D eigenvalue weighted by atomic mass is 16.5. The molecular weight excluding hydrogens is 272 g/mol. The number of likely N-dealkylation sites (N-methyl/N-ethyl adjacent to an activating group) is 1. The zero-order valence-corrected chi connectivity index (χ0v) is 13.4. The molecule has 0 spiro atoms. The molecule has 0 aromatic carbocycles. The Hall–Kier alpha value is -1.18. The second-order valence-corrected chi connectivity index (χ2v) is 5.63. The van der Waals surface area contributed by atoms with Gasteiger partial charge < -0.3 is 20.3 Å². The molecule has 1 atom stereocenters. The van der Waals surface area contributed by atoms with Crippen LogP contribution < -0.4 is 5.73 Å². The third-order valence-corrected chi connectivity index (χ3v) is 3.72. The van der Waals surface area contributed by atoms with Gasteiger partial charge in [0, 0.05) is 54.0 Å². The van der Waals surface area contributed by atoms with Gasteiger partial charge in [-0.3, -0.25) is 14.5 Å². The molecule has 1 saturated heterocycles. The number of piperazine rings is 1. The van der Waals surface area contributed by atoms with Crippen molar-refractivity contribution in [3.63, 3.8) is 0 Å². The minimum Gasteiger partial charge on any atom is -0.385 e. The fourth-order valence-corrected chi connectivity index (χ4v) is 2.26. The van der Waals surface area contributed by atoms with Gasteiger partial charge in [-0.2, -0.15) is 0 Å². The highest BCUT2D eigenvalue weighted by Crippen LogP contribution is 2.06. The third kappa shape index (κ3) is 5.99. The van der Waals surface area contributed by atoms with Crippen molar-refractivity contribution >= 4 is 11.8 Å². The van der Waals surface area contributed by atoms with Crippen molar-refractivity contribution in [3.8, 4) is 0 Å². The molecule has 0 aromatic heterocycles. The van der Waals surface area contributed by atoms with Crippen LogP contribution in [-0.4, -0.2) is 93.1 Å². The molecule has 0 aromatic rings. The molecule has 21 heavy (non-hydrogen) atoms. The van der Waals surface area contributed by atoms with Crippen LogP contribution in [-0.2, 0) is 14.3 Å². The zero-order valence-electron chi connectivity index (χ0n) is 13.4. The van der Waals surface area contributed by atoms with Gasteiger partial charge in [-0.05, 0) is 12.8 Å². The highest BCUT2D eigenvalue weighted by molar-refractivity contribution is 5.81. The van der Waals surface area contributed by atoms with Crippen LogP contribution in [0.5, 0.6) is 0 Å². The first kappa shape index (κ1) is 17.9. The van der Waals surface area contributed by atoms with E-state index < -0.39 is 6.04 Å². The molecule has 2 amide bonds. The lowest BCUT2D eigenvalue weighted by molar-refractivity contribution is -0.135. The minimum absolute atomic E-state index is 0.00434. The molecule has 0 radical (unpaired) electrons. The maximum Gasteiger partial charge on any atom is 0.239 e. The summed E-state index contributed by atoms with van der Waals surface area (Å²) in [4.78, 5) is 29.3. The number of ether oxygens (including phenoxy) is 1. The van der Waals surface area contributed by atoms with Gasteiger partial charge in [-0.25, -0.2) is 0 Å². The monoisotopic (exact) mass is 300 g/mol. The Morgan fingerprint density at radius 2 is 1.86 bits per heavy atom. The number of hydrogen-bond donors (Lipinski definition) is 1. The number of carbonyl (C=O) groups excluding carboxylic acids is 2. The Morgan fingerprint density at radius 3 is 2.38 bits per heavy atom. The number of hydrogen-bond acceptors (Lipinski definition) is 5. The fraction of sp³-hybridized carbons (Fsp3) is 0.857. The number of carbonyl (C=O) groups is 2. The van der Waals surface area contributed by atoms with Gasteiger partial charge in [0.25, 0.3) is 0 Å². The third-order valence-electron chi connectivity index (χ3n) is 3.72. The number of methoxy groups -OCH3 is 1. The Bertz CT molecular complexity index is 341. The Balaban J connectivity index is 2.31. The number of nitrogens with zero attached hydrogens (tertiary/aromatic N) is 3. The van der Waals surface area contributed by atoms with Crippen molar-refractivity contribution in [2.24, 2.45) is 5.73 Å². The van der Waals surface area contributed by atoms with Crippen LogP contribution in [0.1, 0.15) is 12.8 Å². The van der Waals surface area contributed by atoms with Crippen molar-refractivity contribution in [2.75, 3.05) is 60.5 Å². The van der Waals surface area contributed by atoms with Crippen molar-refractivity contribution < 1.29 is 14.3 Å². The Labute approximate surface area is 127 Å². The topological polar surface area (TPSA) is 79.1 Å². The van der Waals surface area contributed by atoms with E-state index in [9.17, 15) is 9.59 Å². The summed E-state index contributed by atoms with van der Waals surface area (Å²) >= 11 is 0. The van der Waals surface area contributed by atoms with E-state index in [0.717, 1.165) is 19.5 Å². The quantitative estimate of drug-likeness (QED) is 0.608. The van der Waals surface area contributed by atoms with Crippen LogP contribution >= 0.6 is 0 Å². The Kier molecular flexibility index (Phi) is 7.63. The lowest BCUT2D eigenvalue weighted by atomic mass is 10.1. The normalized spacial score (nSPS) is 17.6. The first-order valence-electron chi connectivity index (χ1n) is 7.41. The first-order chi connectivity index (χ1) is 9.95. The van der Waals surface area contributed by atoms with E-state index in [1.807, 2.05) is 0 Å². The van der Waals surface area contributed by atoms with E-state index in [4.69, 9.17) is 10.5 Å². The minimum atomic E-state index is -0.449. The van der Waals surface area contributed by atoms with Crippen LogP contribution in [0.25, 0.3) is 0 Å². The molecule has 0 aliphatic carbocycles. The van der Waals surface area contributed by atoms with Crippen molar-refractivity contribution in [1.29, 1.82) is 0 Å². The van der Waals surface area contributed by atoms with E-state index in [2.05, 4.69) is 4.90 Å². The Morgan fingerprint density at radius 1 is 1.24 bits per heavy atom. The molecule has 1 heterocycles. The molecule has 1 aliphatic rings. The van der Waals surface area contributed by atoms with E-state index in [1.54, 1.807) is 31.0 Å². The maximum atomic E-state index is 12.2. The fourth-order valence-electron chi connectivity index (χ4n) is 2.26. The van der Waals surface area contributed by atoms with E-state index in [-0.39, 0.29) is 11.8 Å². The van der Waals surface area contributed by atoms with Crippen LogP contribution in [0.3, 0.4) is 0 Å². The summed E-state index contributed by atoms with van der Waals surface area (Å²) in [5.41, 5.74) is 5.92. The standard InChI is InChI=1S/C14H28N4O3/c1-16(2)13(19)11-17-6-8-18(9-7-17)14(20)12(15)5-4-10-21-3/h12H,4-11,15H2,1-3H3. The van der Waals surface area contributed by atoms with Crippen molar-refractivity contribution in [3.05, 3.63) is 0 Å². The van der Waals surface area contributed by atoms with Crippen molar-refractivity contribution in [2.45, 2.75) is 18.9 Å². The lowest BCUT2D eigenvalue weighted by Gasteiger charge is -2.35. The number of amides is 2. The van der Waals surface area contributed by atoms with Gasteiger partial charge in [0.1, 0.15) is 0 Å². The average Bonchev–Trinajstić information content (AvgIpc) is 2.47. The predicted molar refractivity (Wildman–Crippen MR) is 80.8 cm³/mol. The molecule has 0 saturated carbocycles. The molecule has 1 aliphatic heterocycles.